The Balaban J connectivity index is 2.22. The molecule has 0 aromatic carbocycles. The van der Waals surface area contributed by atoms with Crippen LogP contribution in [0.3, 0.4) is 0 Å². The summed E-state index contributed by atoms with van der Waals surface area (Å²) in [5.74, 6) is 2.03. The first-order valence-corrected chi connectivity index (χ1v) is 5.27. The highest BCUT2D eigenvalue weighted by molar-refractivity contribution is 5.54. The van der Waals surface area contributed by atoms with Crippen LogP contribution >= 0.6 is 0 Å². The maximum absolute atomic E-state index is 5.72. The van der Waals surface area contributed by atoms with E-state index in [0.29, 0.717) is 11.6 Å². The van der Waals surface area contributed by atoms with Crippen molar-refractivity contribution in [3.8, 4) is 0 Å². The first-order valence-electron chi connectivity index (χ1n) is 5.27. The Bertz CT molecular complexity index is 519. The van der Waals surface area contributed by atoms with E-state index < -0.39 is 0 Å². The molecule has 7 nitrogen and oxygen atoms in total. The van der Waals surface area contributed by atoms with E-state index in [1.165, 1.54) is 6.33 Å². The van der Waals surface area contributed by atoms with Crippen molar-refractivity contribution in [2.75, 3.05) is 11.1 Å². The summed E-state index contributed by atoms with van der Waals surface area (Å²) in [5.41, 5.74) is 6.56. The van der Waals surface area contributed by atoms with Gasteiger partial charge in [0.1, 0.15) is 24.3 Å². The van der Waals surface area contributed by atoms with Gasteiger partial charge in [-0.25, -0.2) is 9.97 Å². The average molecular weight is 233 g/mol. The van der Waals surface area contributed by atoms with Crippen LogP contribution in [0.5, 0.6) is 0 Å². The Morgan fingerprint density at radius 2 is 2.18 bits per heavy atom. The van der Waals surface area contributed by atoms with E-state index in [0.717, 1.165) is 11.4 Å². The lowest BCUT2D eigenvalue weighted by Gasteiger charge is -2.15. The van der Waals surface area contributed by atoms with E-state index in [4.69, 9.17) is 5.73 Å². The van der Waals surface area contributed by atoms with Crippen LogP contribution in [0, 0.1) is 6.92 Å². The molecule has 2 aromatic rings. The summed E-state index contributed by atoms with van der Waals surface area (Å²) in [6.45, 7) is 3.86. The number of nitrogens with zero attached hydrogens (tertiary/aromatic N) is 5. The number of nitrogens with two attached hydrogens (primary N) is 1. The van der Waals surface area contributed by atoms with Gasteiger partial charge in [-0.3, -0.25) is 0 Å². The van der Waals surface area contributed by atoms with E-state index in [-0.39, 0.29) is 6.04 Å². The van der Waals surface area contributed by atoms with Gasteiger partial charge in [-0.05, 0) is 13.8 Å². The zero-order valence-corrected chi connectivity index (χ0v) is 10.0. The van der Waals surface area contributed by atoms with Crippen LogP contribution < -0.4 is 11.1 Å². The summed E-state index contributed by atoms with van der Waals surface area (Å²) in [4.78, 5) is 8.08. The predicted molar refractivity (Wildman–Crippen MR) is 64.2 cm³/mol. The van der Waals surface area contributed by atoms with Gasteiger partial charge in [-0.1, -0.05) is 0 Å². The fourth-order valence-corrected chi connectivity index (χ4v) is 1.56. The maximum Gasteiger partial charge on any atom is 0.154 e. The minimum Gasteiger partial charge on any atom is -0.383 e. The van der Waals surface area contributed by atoms with Crippen molar-refractivity contribution >= 4 is 11.6 Å². The van der Waals surface area contributed by atoms with E-state index in [1.54, 1.807) is 6.33 Å². The smallest absolute Gasteiger partial charge is 0.154 e. The molecule has 17 heavy (non-hydrogen) atoms. The van der Waals surface area contributed by atoms with E-state index in [1.807, 2.05) is 25.5 Å². The Kier molecular flexibility index (Phi) is 2.90. The third kappa shape index (κ3) is 2.17. The van der Waals surface area contributed by atoms with Crippen LogP contribution in [-0.2, 0) is 7.05 Å². The Morgan fingerprint density at radius 1 is 1.41 bits per heavy atom. The monoisotopic (exact) mass is 233 g/mol. The number of hydrogen-bond donors (Lipinski definition) is 2. The van der Waals surface area contributed by atoms with Gasteiger partial charge in [0.15, 0.2) is 5.82 Å². The van der Waals surface area contributed by atoms with Crippen LogP contribution in [0.1, 0.15) is 24.4 Å². The van der Waals surface area contributed by atoms with Gasteiger partial charge in [0.2, 0.25) is 0 Å². The quantitative estimate of drug-likeness (QED) is 0.809. The maximum atomic E-state index is 5.72. The summed E-state index contributed by atoms with van der Waals surface area (Å²) in [6.07, 6.45) is 3.10. The van der Waals surface area contributed by atoms with Crippen molar-refractivity contribution in [1.82, 2.24) is 24.7 Å². The van der Waals surface area contributed by atoms with Gasteiger partial charge in [0.05, 0.1) is 6.04 Å². The first kappa shape index (κ1) is 11.3. The third-order valence-electron chi connectivity index (χ3n) is 2.61. The molecule has 0 fully saturated rings. The minimum absolute atomic E-state index is 0.00417. The van der Waals surface area contributed by atoms with Crippen molar-refractivity contribution in [2.24, 2.45) is 7.05 Å². The molecule has 1 unspecified atom stereocenters. The lowest BCUT2D eigenvalue weighted by molar-refractivity contribution is 0.715. The fourth-order valence-electron chi connectivity index (χ4n) is 1.56. The molecule has 0 aliphatic carbocycles. The highest BCUT2D eigenvalue weighted by Crippen LogP contribution is 2.20. The Morgan fingerprint density at radius 3 is 2.82 bits per heavy atom. The summed E-state index contributed by atoms with van der Waals surface area (Å²) >= 11 is 0. The van der Waals surface area contributed by atoms with Crippen LogP contribution in [0.15, 0.2) is 12.7 Å². The average Bonchev–Trinajstić information content (AvgIpc) is 2.71. The van der Waals surface area contributed by atoms with E-state index >= 15 is 0 Å². The molecule has 3 N–H and O–H groups in total. The molecule has 7 heteroatoms. The zero-order valence-electron chi connectivity index (χ0n) is 10.0. The molecular weight excluding hydrogens is 218 g/mol. The van der Waals surface area contributed by atoms with Crippen LogP contribution in [0.25, 0.3) is 0 Å². The molecular formula is C10H15N7. The normalized spacial score (nSPS) is 12.4. The largest absolute Gasteiger partial charge is 0.383 e. The second kappa shape index (κ2) is 4.36. The first-order chi connectivity index (χ1) is 8.09. The second-order valence-electron chi connectivity index (χ2n) is 3.90. The highest BCUT2D eigenvalue weighted by atomic mass is 15.3. The fraction of sp³-hybridized carbons (Fsp3) is 0.400. The number of nitrogens with one attached hydrogen (secondary N) is 1. The topological polar surface area (TPSA) is 94.5 Å². The van der Waals surface area contributed by atoms with Gasteiger partial charge >= 0.3 is 0 Å². The standard InChI is InChI=1S/C10H15N7/c1-6-8(11)12-4-13-9(6)15-7(2)10-16-14-5-17(10)3/h4-5,7H,1-3H3,(H3,11,12,13,15). The van der Waals surface area contributed by atoms with Gasteiger partial charge in [-0.2, -0.15) is 0 Å². The molecule has 0 bridgehead atoms. The lowest BCUT2D eigenvalue weighted by atomic mass is 10.2. The van der Waals surface area contributed by atoms with Crippen LogP contribution in [-0.4, -0.2) is 24.7 Å². The highest BCUT2D eigenvalue weighted by Gasteiger charge is 2.13. The molecule has 0 aliphatic heterocycles. The zero-order chi connectivity index (χ0) is 12.4. The SMILES string of the molecule is Cc1c(N)ncnc1NC(C)c1nncn1C. The summed E-state index contributed by atoms with van der Waals surface area (Å²) in [5, 5.41) is 11.1. The minimum atomic E-state index is -0.00417. The summed E-state index contributed by atoms with van der Waals surface area (Å²) in [7, 11) is 1.90. The Hall–Kier alpha value is -2.18. The number of aryl methyl sites for hydroxylation is 1. The molecule has 90 valence electrons. The molecule has 2 rings (SSSR count). The molecule has 0 aliphatic rings. The molecule has 0 radical (unpaired) electrons. The van der Waals surface area contributed by atoms with Gasteiger partial charge in [0.25, 0.3) is 0 Å². The van der Waals surface area contributed by atoms with Crippen LogP contribution in [0.4, 0.5) is 11.6 Å². The number of nitrogen functional groups attached to an aromatic ring is 1. The summed E-state index contributed by atoms with van der Waals surface area (Å²) in [6, 6.07) is -0.00417. The number of anilines is 2. The summed E-state index contributed by atoms with van der Waals surface area (Å²) < 4.78 is 1.86. The van der Waals surface area contributed by atoms with Gasteiger partial charge < -0.3 is 15.6 Å². The van der Waals surface area contributed by atoms with Gasteiger partial charge in [0, 0.05) is 12.6 Å². The molecule has 2 aromatic heterocycles. The van der Waals surface area contributed by atoms with E-state index in [9.17, 15) is 0 Å². The number of rotatable bonds is 3. The molecule has 0 spiro atoms. The van der Waals surface area contributed by atoms with Crippen molar-refractivity contribution in [1.29, 1.82) is 0 Å². The lowest BCUT2D eigenvalue weighted by Crippen LogP contribution is -2.14. The molecule has 2 heterocycles. The van der Waals surface area contributed by atoms with Crippen molar-refractivity contribution in [3.63, 3.8) is 0 Å². The van der Waals surface area contributed by atoms with Gasteiger partial charge in [-0.15, -0.1) is 10.2 Å². The van der Waals surface area contributed by atoms with Crippen molar-refractivity contribution in [2.45, 2.75) is 19.9 Å². The van der Waals surface area contributed by atoms with Crippen molar-refractivity contribution < 1.29 is 0 Å². The second-order valence-corrected chi connectivity index (χ2v) is 3.90. The number of hydrogen-bond acceptors (Lipinski definition) is 6. The predicted octanol–water partition coefficient (Wildman–Crippen LogP) is 0.669. The third-order valence-corrected chi connectivity index (χ3v) is 2.61. The van der Waals surface area contributed by atoms with Crippen LogP contribution in [0.2, 0.25) is 0 Å². The molecule has 0 saturated heterocycles. The molecule has 0 amide bonds. The van der Waals surface area contributed by atoms with E-state index in [2.05, 4.69) is 25.5 Å². The molecule has 1 atom stereocenters. The molecule has 0 saturated carbocycles. The Labute approximate surface area is 99.1 Å². The number of aromatic nitrogens is 5. The van der Waals surface area contributed by atoms with Crippen molar-refractivity contribution in [3.05, 3.63) is 24.0 Å².